The summed E-state index contributed by atoms with van der Waals surface area (Å²) in [7, 11) is 0. The maximum absolute atomic E-state index is 11.8. The van der Waals surface area contributed by atoms with E-state index in [4.69, 9.17) is 39.2 Å². The third-order valence-corrected chi connectivity index (χ3v) is 14.0. The fourth-order valence-corrected chi connectivity index (χ4v) is 10.7. The Morgan fingerprint density at radius 2 is 0.927 bits per heavy atom. The van der Waals surface area contributed by atoms with Crippen molar-refractivity contribution >= 4 is 118 Å². The molecule has 0 aliphatic carbocycles. The van der Waals surface area contributed by atoms with E-state index < -0.39 is 0 Å². The van der Waals surface area contributed by atoms with Gasteiger partial charge in [-0.2, -0.15) is 0 Å². The molecule has 0 aliphatic rings. The number of carbonyl (C=O) groups excluding carboxylic acids is 2. The highest BCUT2D eigenvalue weighted by Crippen LogP contribution is 2.20. The lowest BCUT2D eigenvalue weighted by Gasteiger charge is -2.06. The van der Waals surface area contributed by atoms with Gasteiger partial charge in [-0.1, -0.05) is 0 Å². The molecular formula is C22H42O10S9. The number of ether oxygens (including phenoxy) is 2. The van der Waals surface area contributed by atoms with E-state index in [-0.39, 0.29) is 31.8 Å². The summed E-state index contributed by atoms with van der Waals surface area (Å²) in [6.07, 6.45) is 1.06. The molecule has 244 valence electrons. The van der Waals surface area contributed by atoms with Gasteiger partial charge in [0.2, 0.25) is 0 Å². The van der Waals surface area contributed by atoms with Gasteiger partial charge >= 0.3 is 11.9 Å². The van der Waals surface area contributed by atoms with Crippen molar-refractivity contribution in [1.29, 1.82) is 0 Å². The summed E-state index contributed by atoms with van der Waals surface area (Å²) >= 11 is 15.1. The minimum absolute atomic E-state index is 0.0341. The first-order valence-corrected chi connectivity index (χ1v) is 22.8. The largest absolute Gasteiger partial charge is 0.465 e. The smallest absolute Gasteiger partial charge is 0.316 e. The Labute approximate surface area is 282 Å². The summed E-state index contributed by atoms with van der Waals surface area (Å²) in [5, 5.41) is 22.5. The summed E-state index contributed by atoms with van der Waals surface area (Å²) in [6.45, 7) is 1.87. The van der Waals surface area contributed by atoms with Gasteiger partial charge in [-0.05, 0) is 6.42 Å². The summed E-state index contributed by atoms with van der Waals surface area (Å²) < 4.78 is 10.2. The third-order valence-electron chi connectivity index (χ3n) is 3.61. The van der Waals surface area contributed by atoms with Crippen molar-refractivity contribution in [2.24, 2.45) is 0 Å². The maximum Gasteiger partial charge on any atom is 0.316 e. The Bertz CT molecular complexity index is 574. The van der Waals surface area contributed by atoms with Gasteiger partial charge < -0.3 is 19.7 Å². The highest BCUT2D eigenvalue weighted by Gasteiger charge is 2.04. The standard InChI is InChI=1S/C22H42O10S9/c23-3-1-5-27-21(25)11-35-17-39-16-34-10-8-31-32-14-38-20-41-19-37-13-28-22(26)12-36-18-40-15-33-9-7-30-29-6-2-4-24/h23-24H,1-20H2. The van der Waals surface area contributed by atoms with Gasteiger partial charge in [0.1, 0.15) is 11.9 Å². The summed E-state index contributed by atoms with van der Waals surface area (Å²) in [5.74, 6) is 2.80. The lowest BCUT2D eigenvalue weighted by molar-refractivity contribution is -0.291. The highest BCUT2D eigenvalue weighted by atomic mass is 32.2. The number of rotatable bonds is 34. The molecule has 0 heterocycles. The molecule has 0 aliphatic heterocycles. The number of aliphatic hydroxyl groups is 2. The van der Waals surface area contributed by atoms with E-state index >= 15 is 0 Å². The second-order valence-electron chi connectivity index (χ2n) is 6.95. The van der Waals surface area contributed by atoms with Crippen molar-refractivity contribution in [2.45, 2.75) is 12.8 Å². The van der Waals surface area contributed by atoms with Crippen LogP contribution in [0.5, 0.6) is 0 Å². The van der Waals surface area contributed by atoms with Crippen LogP contribution < -0.4 is 0 Å². The molecule has 0 bridgehead atoms. The zero-order valence-corrected chi connectivity index (χ0v) is 30.3. The van der Waals surface area contributed by atoms with E-state index in [0.717, 1.165) is 42.0 Å². The lowest BCUT2D eigenvalue weighted by atomic mass is 10.5. The average molecular weight is 755 g/mol. The van der Waals surface area contributed by atoms with Crippen molar-refractivity contribution in [3.8, 4) is 0 Å². The Hall–Kier alpha value is 1.85. The van der Waals surface area contributed by atoms with Gasteiger partial charge in [-0.15, -0.1) is 106 Å². The number of thioether (sulfide) groups is 9. The minimum atomic E-state index is -0.234. The fraction of sp³-hybridized carbons (Fsp3) is 0.909. The van der Waals surface area contributed by atoms with Gasteiger partial charge in [0.25, 0.3) is 0 Å². The van der Waals surface area contributed by atoms with Gasteiger partial charge in [0, 0.05) is 61.6 Å². The van der Waals surface area contributed by atoms with Crippen LogP contribution in [0.3, 0.4) is 0 Å². The zero-order valence-electron chi connectivity index (χ0n) is 23.0. The molecule has 0 atom stereocenters. The molecule has 10 nitrogen and oxygen atoms in total. The Morgan fingerprint density at radius 3 is 1.54 bits per heavy atom. The topological polar surface area (TPSA) is 130 Å². The second-order valence-corrected chi connectivity index (χ2v) is 18.1. The van der Waals surface area contributed by atoms with E-state index in [1.54, 1.807) is 94.1 Å². The molecule has 41 heavy (non-hydrogen) atoms. The summed E-state index contributed by atoms with van der Waals surface area (Å²) in [5.41, 5.74) is 0. The quantitative estimate of drug-likeness (QED) is 0.0301. The molecule has 0 spiro atoms. The van der Waals surface area contributed by atoms with Crippen LogP contribution in [0.4, 0.5) is 0 Å². The van der Waals surface area contributed by atoms with Crippen molar-refractivity contribution in [3.63, 3.8) is 0 Å². The van der Waals surface area contributed by atoms with Gasteiger partial charge in [-0.25, -0.2) is 19.6 Å². The van der Waals surface area contributed by atoms with Crippen LogP contribution in [-0.2, 0) is 38.6 Å². The van der Waals surface area contributed by atoms with E-state index in [0.29, 0.717) is 56.0 Å². The summed E-state index contributed by atoms with van der Waals surface area (Å²) in [4.78, 5) is 43.4. The first-order valence-electron chi connectivity index (χ1n) is 12.4. The predicted octanol–water partition coefficient (Wildman–Crippen LogP) is 4.99. The maximum atomic E-state index is 11.8. The van der Waals surface area contributed by atoms with Crippen LogP contribution in [0, 0.1) is 0 Å². The molecule has 2 N–H and O–H groups in total. The normalized spacial score (nSPS) is 11.2. The van der Waals surface area contributed by atoms with Crippen molar-refractivity contribution in [3.05, 3.63) is 0 Å². The molecule has 19 heteroatoms. The molecule has 0 rings (SSSR count). The Morgan fingerprint density at radius 1 is 0.463 bits per heavy atom. The fourth-order valence-electron chi connectivity index (χ4n) is 1.89. The zero-order chi connectivity index (χ0) is 29.9. The molecule has 0 saturated carbocycles. The van der Waals surface area contributed by atoms with E-state index in [9.17, 15) is 9.59 Å². The van der Waals surface area contributed by atoms with Crippen LogP contribution >= 0.6 is 106 Å². The average Bonchev–Trinajstić information content (AvgIpc) is 2.97. The van der Waals surface area contributed by atoms with E-state index in [1.165, 1.54) is 11.8 Å². The van der Waals surface area contributed by atoms with Gasteiger partial charge in [0.05, 0.1) is 37.9 Å². The van der Waals surface area contributed by atoms with Gasteiger partial charge in [-0.3, -0.25) is 9.59 Å². The highest BCUT2D eigenvalue weighted by molar-refractivity contribution is 8.23. The summed E-state index contributed by atoms with van der Waals surface area (Å²) in [6, 6.07) is 0. The van der Waals surface area contributed by atoms with Crippen LogP contribution in [0.2, 0.25) is 0 Å². The molecule has 0 aromatic carbocycles. The first kappa shape index (κ1) is 42.9. The molecule has 0 aromatic heterocycles. The predicted molar refractivity (Wildman–Crippen MR) is 186 cm³/mol. The first-order chi connectivity index (χ1) is 20.2. The molecule has 0 fully saturated rings. The molecule has 0 amide bonds. The number of hydrogen-bond donors (Lipinski definition) is 2. The number of aliphatic hydroxyl groups excluding tert-OH is 2. The molecule has 0 aromatic rings. The Kier molecular flexibility index (Phi) is 39.8. The van der Waals surface area contributed by atoms with Crippen molar-refractivity contribution in [1.82, 2.24) is 0 Å². The molecule has 0 radical (unpaired) electrons. The monoisotopic (exact) mass is 754 g/mol. The Balaban J connectivity index is 3.17. The second kappa shape index (κ2) is 38.0. The van der Waals surface area contributed by atoms with Crippen LogP contribution in [-0.4, -0.2) is 127 Å². The third kappa shape index (κ3) is 37.9. The van der Waals surface area contributed by atoms with E-state index in [1.807, 2.05) is 0 Å². The minimum Gasteiger partial charge on any atom is -0.465 e. The molecular weight excluding hydrogens is 713 g/mol. The van der Waals surface area contributed by atoms with Crippen molar-refractivity contribution < 1.29 is 48.8 Å². The number of hydrogen-bond acceptors (Lipinski definition) is 19. The lowest BCUT2D eigenvalue weighted by Crippen LogP contribution is -2.09. The molecule has 0 unspecified atom stereocenters. The van der Waals surface area contributed by atoms with Crippen LogP contribution in [0.25, 0.3) is 0 Å². The van der Waals surface area contributed by atoms with E-state index in [2.05, 4.69) is 0 Å². The number of esters is 2. The SMILES string of the molecule is O=C(CSCSCSCCOOCSCSCSCOC(=O)CSCSCSCCOOCCCO)OCCCO. The van der Waals surface area contributed by atoms with Gasteiger partial charge in [0.15, 0.2) is 0 Å². The van der Waals surface area contributed by atoms with Crippen molar-refractivity contribution in [2.75, 3.05) is 105 Å². The molecule has 0 saturated heterocycles. The van der Waals surface area contributed by atoms with Crippen LogP contribution in [0.15, 0.2) is 0 Å². The van der Waals surface area contributed by atoms with Crippen LogP contribution in [0.1, 0.15) is 12.8 Å². The number of carbonyl (C=O) groups is 2.